The summed E-state index contributed by atoms with van der Waals surface area (Å²) in [6, 6.07) is 21.4. The molecule has 120 valence electrons. The number of aromatic nitrogens is 3. The van der Waals surface area contributed by atoms with E-state index in [1.807, 2.05) is 66.7 Å². The van der Waals surface area contributed by atoms with E-state index in [1.54, 1.807) is 18.6 Å². The maximum atomic E-state index is 4.56. The summed E-state index contributed by atoms with van der Waals surface area (Å²) in [6.07, 6.45) is 5.25. The lowest BCUT2D eigenvalue weighted by Gasteiger charge is -2.08. The Kier molecular flexibility index (Phi) is 4.12. The van der Waals surface area contributed by atoms with Gasteiger partial charge in [-0.3, -0.25) is 15.4 Å². The van der Waals surface area contributed by atoms with Crippen LogP contribution in [0, 0.1) is 0 Å². The van der Waals surface area contributed by atoms with Gasteiger partial charge in [0.2, 0.25) is 0 Å². The van der Waals surface area contributed by atoms with E-state index < -0.39 is 0 Å². The molecular formula is C20H15N5. The zero-order chi connectivity index (χ0) is 16.9. The maximum Gasteiger partial charge on any atom is 0.154 e. The average molecular weight is 325 g/mol. The van der Waals surface area contributed by atoms with Crippen molar-refractivity contribution in [2.75, 3.05) is 5.43 Å². The molecule has 0 aliphatic heterocycles. The SMILES string of the molecule is c1ccc(C(=NNc2nccc3ccccc23)c2ccccn2)nc1. The fourth-order valence-electron chi connectivity index (χ4n) is 2.57. The summed E-state index contributed by atoms with van der Waals surface area (Å²) in [4.78, 5) is 13.2. The van der Waals surface area contributed by atoms with Crippen LogP contribution < -0.4 is 5.43 Å². The van der Waals surface area contributed by atoms with E-state index in [0.29, 0.717) is 11.5 Å². The van der Waals surface area contributed by atoms with Crippen LogP contribution in [0.25, 0.3) is 10.8 Å². The first kappa shape index (κ1) is 15.0. The highest BCUT2D eigenvalue weighted by molar-refractivity contribution is 6.10. The number of hydrogen-bond acceptors (Lipinski definition) is 5. The summed E-state index contributed by atoms with van der Waals surface area (Å²) in [6.45, 7) is 0. The Morgan fingerprint density at radius 3 is 2.04 bits per heavy atom. The molecule has 5 heteroatoms. The standard InChI is InChI=1S/C20H15N5/c1-2-8-16-15(7-1)11-14-23-20(16)25-24-19(17-9-3-5-12-21-17)18-10-4-6-13-22-18/h1-14H,(H,23,25). The van der Waals surface area contributed by atoms with Gasteiger partial charge in [0, 0.05) is 24.0 Å². The van der Waals surface area contributed by atoms with Crippen LogP contribution in [0.15, 0.2) is 90.4 Å². The fraction of sp³-hybridized carbons (Fsp3) is 0. The number of rotatable bonds is 4. The summed E-state index contributed by atoms with van der Waals surface area (Å²) in [5.74, 6) is 0.697. The zero-order valence-electron chi connectivity index (χ0n) is 13.4. The van der Waals surface area contributed by atoms with Crippen LogP contribution >= 0.6 is 0 Å². The largest absolute Gasteiger partial charge is 0.260 e. The minimum Gasteiger partial charge on any atom is -0.260 e. The summed E-state index contributed by atoms with van der Waals surface area (Å²) < 4.78 is 0. The Balaban J connectivity index is 1.77. The van der Waals surface area contributed by atoms with Crippen molar-refractivity contribution in [3.05, 3.63) is 96.7 Å². The molecule has 25 heavy (non-hydrogen) atoms. The van der Waals surface area contributed by atoms with Gasteiger partial charge in [0.1, 0.15) is 5.71 Å². The first-order valence-corrected chi connectivity index (χ1v) is 7.92. The monoisotopic (exact) mass is 325 g/mol. The molecule has 0 aliphatic carbocycles. The Hall–Kier alpha value is -3.60. The molecule has 0 atom stereocenters. The number of nitrogens with zero attached hydrogens (tertiary/aromatic N) is 4. The molecule has 0 saturated carbocycles. The van der Waals surface area contributed by atoms with E-state index in [1.165, 1.54) is 0 Å². The molecule has 5 nitrogen and oxygen atoms in total. The number of fused-ring (bicyclic) bond motifs is 1. The zero-order valence-corrected chi connectivity index (χ0v) is 13.4. The number of pyridine rings is 3. The molecule has 0 aliphatic rings. The molecule has 0 fully saturated rings. The van der Waals surface area contributed by atoms with E-state index in [9.17, 15) is 0 Å². The lowest BCUT2D eigenvalue weighted by Crippen LogP contribution is -2.10. The van der Waals surface area contributed by atoms with E-state index in [2.05, 4.69) is 25.5 Å². The number of hydrogen-bond donors (Lipinski definition) is 1. The number of anilines is 1. The predicted octanol–water partition coefficient (Wildman–Crippen LogP) is 3.89. The van der Waals surface area contributed by atoms with Crippen molar-refractivity contribution in [3.63, 3.8) is 0 Å². The first-order chi connectivity index (χ1) is 12.4. The van der Waals surface area contributed by atoms with Gasteiger partial charge in [0.25, 0.3) is 0 Å². The average Bonchev–Trinajstić information content (AvgIpc) is 2.70. The van der Waals surface area contributed by atoms with Gasteiger partial charge in [0.05, 0.1) is 11.4 Å². The van der Waals surface area contributed by atoms with Crippen molar-refractivity contribution >= 4 is 22.3 Å². The lowest BCUT2D eigenvalue weighted by atomic mass is 10.1. The third-order valence-electron chi connectivity index (χ3n) is 3.76. The van der Waals surface area contributed by atoms with Crippen molar-refractivity contribution in [2.45, 2.75) is 0 Å². The van der Waals surface area contributed by atoms with Crippen LogP contribution in [0.1, 0.15) is 11.4 Å². The van der Waals surface area contributed by atoms with Crippen molar-refractivity contribution < 1.29 is 0 Å². The number of nitrogens with one attached hydrogen (secondary N) is 1. The quantitative estimate of drug-likeness (QED) is 0.457. The molecule has 0 spiro atoms. The molecule has 0 unspecified atom stereocenters. The molecule has 1 N–H and O–H groups in total. The van der Waals surface area contributed by atoms with Crippen LogP contribution in [0.2, 0.25) is 0 Å². The highest BCUT2D eigenvalue weighted by Crippen LogP contribution is 2.20. The second-order valence-electron chi connectivity index (χ2n) is 5.38. The van der Waals surface area contributed by atoms with Gasteiger partial charge in [-0.2, -0.15) is 5.10 Å². The smallest absolute Gasteiger partial charge is 0.154 e. The highest BCUT2D eigenvalue weighted by atomic mass is 15.3. The number of hydrazone groups is 1. The van der Waals surface area contributed by atoms with Gasteiger partial charge in [0.15, 0.2) is 5.82 Å². The highest BCUT2D eigenvalue weighted by Gasteiger charge is 2.10. The van der Waals surface area contributed by atoms with Gasteiger partial charge < -0.3 is 0 Å². The Bertz CT molecular complexity index is 967. The minimum atomic E-state index is 0.663. The molecule has 1 aromatic carbocycles. The molecule has 0 bridgehead atoms. The van der Waals surface area contributed by atoms with Crippen LogP contribution in [0.5, 0.6) is 0 Å². The fourth-order valence-corrected chi connectivity index (χ4v) is 2.57. The molecule has 0 amide bonds. The molecule has 3 heterocycles. The van der Waals surface area contributed by atoms with Crippen molar-refractivity contribution in [1.82, 2.24) is 15.0 Å². The summed E-state index contributed by atoms with van der Waals surface area (Å²) >= 11 is 0. The summed E-state index contributed by atoms with van der Waals surface area (Å²) in [5.41, 5.74) is 5.23. The summed E-state index contributed by atoms with van der Waals surface area (Å²) in [7, 11) is 0. The molecule has 4 aromatic rings. The lowest BCUT2D eigenvalue weighted by molar-refractivity contribution is 1.19. The van der Waals surface area contributed by atoms with E-state index in [0.717, 1.165) is 22.2 Å². The Labute approximate surface area is 145 Å². The van der Waals surface area contributed by atoms with E-state index >= 15 is 0 Å². The van der Waals surface area contributed by atoms with Crippen molar-refractivity contribution in [1.29, 1.82) is 0 Å². The van der Waals surface area contributed by atoms with Crippen LogP contribution in [-0.4, -0.2) is 20.7 Å². The first-order valence-electron chi connectivity index (χ1n) is 7.92. The Morgan fingerprint density at radius 1 is 0.680 bits per heavy atom. The van der Waals surface area contributed by atoms with Gasteiger partial charge in [-0.1, -0.05) is 36.4 Å². The predicted molar refractivity (Wildman–Crippen MR) is 99.5 cm³/mol. The van der Waals surface area contributed by atoms with Crippen LogP contribution in [0.4, 0.5) is 5.82 Å². The summed E-state index contributed by atoms with van der Waals surface area (Å²) in [5, 5.41) is 6.68. The van der Waals surface area contributed by atoms with E-state index in [4.69, 9.17) is 0 Å². The third-order valence-corrected chi connectivity index (χ3v) is 3.76. The maximum absolute atomic E-state index is 4.56. The second kappa shape index (κ2) is 6.88. The van der Waals surface area contributed by atoms with Gasteiger partial charge in [-0.15, -0.1) is 0 Å². The van der Waals surface area contributed by atoms with Gasteiger partial charge >= 0.3 is 0 Å². The molecule has 3 aromatic heterocycles. The normalized spacial score (nSPS) is 10.4. The van der Waals surface area contributed by atoms with Crippen LogP contribution in [0.3, 0.4) is 0 Å². The second-order valence-corrected chi connectivity index (χ2v) is 5.38. The van der Waals surface area contributed by atoms with Crippen molar-refractivity contribution in [2.24, 2.45) is 5.10 Å². The van der Waals surface area contributed by atoms with E-state index in [-0.39, 0.29) is 0 Å². The third kappa shape index (κ3) is 3.21. The van der Waals surface area contributed by atoms with Crippen molar-refractivity contribution in [3.8, 4) is 0 Å². The Morgan fingerprint density at radius 2 is 1.36 bits per heavy atom. The van der Waals surface area contributed by atoms with Gasteiger partial charge in [-0.05, 0) is 35.7 Å². The molecule has 0 saturated heterocycles. The van der Waals surface area contributed by atoms with Gasteiger partial charge in [-0.25, -0.2) is 4.98 Å². The molecule has 0 radical (unpaired) electrons. The number of benzene rings is 1. The molecule has 4 rings (SSSR count). The van der Waals surface area contributed by atoms with Crippen LogP contribution in [-0.2, 0) is 0 Å². The molecular weight excluding hydrogens is 310 g/mol. The minimum absolute atomic E-state index is 0.663. The topological polar surface area (TPSA) is 63.1 Å².